The molecule has 6 heteroatoms. The van der Waals surface area contributed by atoms with Crippen LogP contribution in [0.25, 0.3) is 0 Å². The number of nitrogens with zero attached hydrogens (tertiary/aromatic N) is 2. The number of carbonyl (C=O) groups excluding carboxylic acids is 1. The van der Waals surface area contributed by atoms with E-state index in [0.29, 0.717) is 24.8 Å². The van der Waals surface area contributed by atoms with Crippen molar-refractivity contribution in [2.75, 3.05) is 20.2 Å². The van der Waals surface area contributed by atoms with Gasteiger partial charge in [0.1, 0.15) is 6.61 Å². The fourth-order valence-corrected chi connectivity index (χ4v) is 2.39. The van der Waals surface area contributed by atoms with Crippen LogP contribution in [0, 0.1) is 10.1 Å². The monoisotopic (exact) mass is 336 g/mol. The number of non-ortho nitro benzene ring substituents is 1. The fraction of sp³-hybridized carbons (Fsp3) is 0.611. The van der Waals surface area contributed by atoms with Gasteiger partial charge in [-0.3, -0.25) is 10.1 Å². The van der Waals surface area contributed by atoms with E-state index in [9.17, 15) is 14.9 Å². The summed E-state index contributed by atoms with van der Waals surface area (Å²) >= 11 is 0. The maximum Gasteiger partial charge on any atom is 0.338 e. The number of benzene rings is 1. The Morgan fingerprint density at radius 3 is 2.50 bits per heavy atom. The Labute approximate surface area is 143 Å². The summed E-state index contributed by atoms with van der Waals surface area (Å²) in [6, 6.07) is 5.91. The summed E-state index contributed by atoms with van der Waals surface area (Å²) in [4.78, 5) is 24.2. The third-order valence-corrected chi connectivity index (χ3v) is 4.22. The molecule has 1 aromatic carbocycles. The van der Waals surface area contributed by atoms with Crippen molar-refractivity contribution < 1.29 is 14.5 Å². The Balaban J connectivity index is 2.30. The van der Waals surface area contributed by atoms with Gasteiger partial charge in [-0.05, 0) is 32.5 Å². The number of rotatable bonds is 11. The minimum Gasteiger partial charge on any atom is -0.461 e. The van der Waals surface area contributed by atoms with Crippen molar-refractivity contribution in [3.8, 4) is 0 Å². The van der Waals surface area contributed by atoms with E-state index in [1.165, 1.54) is 49.9 Å². The van der Waals surface area contributed by atoms with E-state index in [1.54, 1.807) is 0 Å². The number of hydrogen-bond donors (Lipinski definition) is 0. The summed E-state index contributed by atoms with van der Waals surface area (Å²) in [7, 11) is 2.03. The number of likely N-dealkylation sites (N-methyl/N-ethyl adjacent to an activating group) is 1. The quantitative estimate of drug-likeness (QED) is 0.264. The average molecular weight is 336 g/mol. The molecule has 6 nitrogen and oxygen atoms in total. The molecule has 0 aliphatic heterocycles. The number of nitro groups is 1. The van der Waals surface area contributed by atoms with Crippen LogP contribution in [0.2, 0.25) is 0 Å². The minimum atomic E-state index is -0.494. The summed E-state index contributed by atoms with van der Waals surface area (Å²) in [5.41, 5.74) is 0.291. The van der Waals surface area contributed by atoms with Gasteiger partial charge < -0.3 is 9.64 Å². The van der Waals surface area contributed by atoms with Crippen molar-refractivity contribution in [3.05, 3.63) is 39.9 Å². The predicted octanol–water partition coefficient (Wildman–Crippen LogP) is 4.04. The van der Waals surface area contributed by atoms with E-state index in [0.717, 1.165) is 6.42 Å². The second-order valence-electron chi connectivity index (χ2n) is 6.12. The molecule has 0 aliphatic rings. The molecule has 0 aliphatic carbocycles. The van der Waals surface area contributed by atoms with E-state index < -0.39 is 10.9 Å². The summed E-state index contributed by atoms with van der Waals surface area (Å²) in [6.07, 6.45) is 6.16. The Morgan fingerprint density at radius 1 is 1.25 bits per heavy atom. The first kappa shape index (κ1) is 20.1. The van der Waals surface area contributed by atoms with Crippen LogP contribution in [-0.2, 0) is 4.74 Å². The van der Waals surface area contributed by atoms with Gasteiger partial charge in [0, 0.05) is 24.7 Å². The van der Waals surface area contributed by atoms with E-state index in [2.05, 4.69) is 18.7 Å². The zero-order valence-electron chi connectivity index (χ0n) is 14.9. The summed E-state index contributed by atoms with van der Waals surface area (Å²) in [5, 5.41) is 10.6. The lowest BCUT2D eigenvalue weighted by Crippen LogP contribution is -2.32. The Bertz CT molecular complexity index is 516. The zero-order valence-corrected chi connectivity index (χ0v) is 14.9. The number of unbranched alkanes of at least 4 members (excludes halogenated alkanes) is 3. The van der Waals surface area contributed by atoms with Crippen LogP contribution in [-0.4, -0.2) is 42.0 Å². The zero-order chi connectivity index (χ0) is 17.9. The van der Waals surface area contributed by atoms with E-state index in [1.807, 2.05) is 7.05 Å². The highest BCUT2D eigenvalue weighted by molar-refractivity contribution is 5.89. The molecule has 24 heavy (non-hydrogen) atoms. The first-order valence-electron chi connectivity index (χ1n) is 8.57. The van der Waals surface area contributed by atoms with Gasteiger partial charge in [0.05, 0.1) is 10.5 Å². The van der Waals surface area contributed by atoms with Crippen LogP contribution in [0.4, 0.5) is 5.69 Å². The molecule has 0 spiro atoms. The van der Waals surface area contributed by atoms with Crippen molar-refractivity contribution in [1.82, 2.24) is 4.90 Å². The molecule has 1 atom stereocenters. The number of esters is 1. The van der Waals surface area contributed by atoms with Crippen LogP contribution in [0.1, 0.15) is 56.3 Å². The molecule has 0 amide bonds. The molecule has 0 aromatic heterocycles. The standard InChI is InChI=1S/C18H28N2O4/c1-4-5-6-7-8-15(2)19(3)13-14-24-18(21)16-9-11-17(12-10-16)20(22)23/h9-12,15H,4-8,13-14H2,1-3H3/t15-/m1/s1. The van der Waals surface area contributed by atoms with Crippen molar-refractivity contribution in [1.29, 1.82) is 0 Å². The maximum absolute atomic E-state index is 11.9. The third-order valence-electron chi connectivity index (χ3n) is 4.22. The maximum atomic E-state index is 11.9. The van der Waals surface area contributed by atoms with Crippen molar-refractivity contribution >= 4 is 11.7 Å². The van der Waals surface area contributed by atoms with Gasteiger partial charge in [0.15, 0.2) is 0 Å². The summed E-state index contributed by atoms with van der Waals surface area (Å²) in [6.45, 7) is 5.37. The Hall–Kier alpha value is -1.95. The molecule has 0 saturated carbocycles. The van der Waals surface area contributed by atoms with Crippen LogP contribution < -0.4 is 0 Å². The molecular formula is C18H28N2O4. The van der Waals surface area contributed by atoms with E-state index in [-0.39, 0.29) is 5.69 Å². The highest BCUT2D eigenvalue weighted by atomic mass is 16.6. The first-order chi connectivity index (χ1) is 11.5. The third kappa shape index (κ3) is 7.08. The van der Waals surface area contributed by atoms with Gasteiger partial charge in [-0.2, -0.15) is 0 Å². The largest absolute Gasteiger partial charge is 0.461 e. The molecular weight excluding hydrogens is 308 g/mol. The highest BCUT2D eigenvalue weighted by Crippen LogP contribution is 2.13. The van der Waals surface area contributed by atoms with Gasteiger partial charge >= 0.3 is 5.97 Å². The number of nitro benzene ring substituents is 1. The molecule has 0 fully saturated rings. The molecule has 1 rings (SSSR count). The lowest BCUT2D eigenvalue weighted by atomic mass is 10.1. The molecule has 0 saturated heterocycles. The second-order valence-corrected chi connectivity index (χ2v) is 6.12. The van der Waals surface area contributed by atoms with Crippen LogP contribution in [0.3, 0.4) is 0 Å². The molecule has 0 unspecified atom stereocenters. The fourth-order valence-electron chi connectivity index (χ4n) is 2.39. The predicted molar refractivity (Wildman–Crippen MR) is 94.2 cm³/mol. The molecule has 0 N–H and O–H groups in total. The van der Waals surface area contributed by atoms with E-state index in [4.69, 9.17) is 4.74 Å². The molecule has 0 radical (unpaired) electrons. The average Bonchev–Trinajstić information content (AvgIpc) is 2.58. The molecule has 134 valence electrons. The minimum absolute atomic E-state index is 0.0387. The van der Waals surface area contributed by atoms with Crippen LogP contribution in [0.5, 0.6) is 0 Å². The van der Waals surface area contributed by atoms with E-state index >= 15 is 0 Å². The number of carbonyl (C=O) groups is 1. The van der Waals surface area contributed by atoms with Gasteiger partial charge in [0.25, 0.3) is 5.69 Å². The van der Waals surface area contributed by atoms with Gasteiger partial charge in [-0.25, -0.2) is 4.79 Å². The number of hydrogen-bond acceptors (Lipinski definition) is 5. The molecule has 1 aromatic rings. The summed E-state index contributed by atoms with van der Waals surface area (Å²) < 4.78 is 5.24. The molecule has 0 bridgehead atoms. The number of ether oxygens (including phenoxy) is 1. The van der Waals surface area contributed by atoms with Crippen LogP contribution >= 0.6 is 0 Å². The molecule has 0 heterocycles. The Kier molecular flexibility index (Phi) is 9.01. The highest BCUT2D eigenvalue weighted by Gasteiger charge is 2.12. The Morgan fingerprint density at radius 2 is 1.92 bits per heavy atom. The lowest BCUT2D eigenvalue weighted by Gasteiger charge is -2.24. The topological polar surface area (TPSA) is 72.7 Å². The van der Waals surface area contributed by atoms with Crippen molar-refractivity contribution in [2.24, 2.45) is 0 Å². The van der Waals surface area contributed by atoms with Gasteiger partial charge in [-0.15, -0.1) is 0 Å². The first-order valence-corrected chi connectivity index (χ1v) is 8.57. The van der Waals surface area contributed by atoms with Gasteiger partial charge in [-0.1, -0.05) is 32.6 Å². The van der Waals surface area contributed by atoms with Crippen LogP contribution in [0.15, 0.2) is 24.3 Å². The summed E-state index contributed by atoms with van der Waals surface area (Å²) in [5.74, 6) is -0.450. The SMILES string of the molecule is CCCCCC[C@@H](C)N(C)CCOC(=O)c1ccc([N+](=O)[O-])cc1. The lowest BCUT2D eigenvalue weighted by molar-refractivity contribution is -0.384. The van der Waals surface area contributed by atoms with Crippen molar-refractivity contribution in [3.63, 3.8) is 0 Å². The van der Waals surface area contributed by atoms with Gasteiger partial charge in [0.2, 0.25) is 0 Å². The van der Waals surface area contributed by atoms with Crippen molar-refractivity contribution in [2.45, 2.75) is 52.0 Å². The second kappa shape index (κ2) is 10.8. The smallest absolute Gasteiger partial charge is 0.338 e. The normalized spacial score (nSPS) is 12.2.